The summed E-state index contributed by atoms with van der Waals surface area (Å²) in [4.78, 5) is 19.3. The van der Waals surface area contributed by atoms with Gasteiger partial charge in [-0.15, -0.1) is 0 Å². The molecule has 172 valence electrons. The molecule has 0 aliphatic carbocycles. The van der Waals surface area contributed by atoms with Crippen LogP contribution in [0.3, 0.4) is 0 Å². The first-order chi connectivity index (χ1) is 15.7. The van der Waals surface area contributed by atoms with Gasteiger partial charge in [0, 0.05) is 16.4 Å². The Hall–Kier alpha value is -3.11. The van der Waals surface area contributed by atoms with E-state index in [4.69, 9.17) is 4.74 Å². The third-order valence-corrected chi connectivity index (χ3v) is 5.86. The van der Waals surface area contributed by atoms with Gasteiger partial charge in [-0.2, -0.15) is 13.2 Å². The van der Waals surface area contributed by atoms with Gasteiger partial charge in [0.1, 0.15) is 12.4 Å². The number of hydrogen-bond donors (Lipinski definition) is 2. The van der Waals surface area contributed by atoms with Crippen molar-refractivity contribution < 1.29 is 27.8 Å². The van der Waals surface area contributed by atoms with Crippen LogP contribution in [-0.2, 0) is 12.8 Å². The van der Waals surface area contributed by atoms with E-state index < -0.39 is 17.6 Å². The van der Waals surface area contributed by atoms with E-state index in [-0.39, 0.29) is 28.9 Å². The van der Waals surface area contributed by atoms with Crippen LogP contribution in [0, 0.1) is 6.92 Å². The Morgan fingerprint density at radius 3 is 2.76 bits per heavy atom. The highest BCUT2D eigenvalue weighted by Crippen LogP contribution is 2.40. The largest absolute Gasteiger partial charge is 0.489 e. The Labute approximate surface area is 196 Å². The molecule has 2 N–H and O–H groups in total. The Kier molecular flexibility index (Phi) is 6.31. The topological polar surface area (TPSA) is 74.7 Å². The number of nitrogens with zero attached hydrogens (tertiary/aromatic N) is 2. The van der Waals surface area contributed by atoms with Crippen LogP contribution in [0.15, 0.2) is 53.1 Å². The second kappa shape index (κ2) is 9.03. The van der Waals surface area contributed by atoms with Gasteiger partial charge in [-0.1, -0.05) is 22.0 Å². The van der Waals surface area contributed by atoms with Crippen molar-refractivity contribution in [3.63, 3.8) is 0 Å². The number of rotatable bonds is 4. The summed E-state index contributed by atoms with van der Waals surface area (Å²) in [6.07, 6.45) is -2.98. The molecule has 1 aromatic heterocycles. The molecule has 0 bridgehead atoms. The highest BCUT2D eigenvalue weighted by atomic mass is 79.9. The minimum Gasteiger partial charge on any atom is -0.489 e. The van der Waals surface area contributed by atoms with Crippen LogP contribution in [0.4, 0.5) is 30.4 Å². The predicted molar refractivity (Wildman–Crippen MR) is 121 cm³/mol. The van der Waals surface area contributed by atoms with Crippen LogP contribution in [0.25, 0.3) is 0 Å². The average Bonchev–Trinajstić information content (AvgIpc) is 2.78. The molecule has 0 saturated carbocycles. The lowest BCUT2D eigenvalue weighted by molar-refractivity contribution is -0.138. The molecule has 1 amide bonds. The van der Waals surface area contributed by atoms with Crippen LogP contribution in [0.2, 0.25) is 0 Å². The van der Waals surface area contributed by atoms with E-state index >= 15 is 0 Å². The number of anilines is 3. The van der Waals surface area contributed by atoms with E-state index in [2.05, 4.69) is 26.2 Å². The zero-order valence-corrected chi connectivity index (χ0v) is 19.0. The fourth-order valence-corrected chi connectivity index (χ4v) is 4.13. The molecule has 0 spiro atoms. The summed E-state index contributed by atoms with van der Waals surface area (Å²) in [5.74, 6) is 0.392. The summed E-state index contributed by atoms with van der Waals surface area (Å²) in [6, 6.07) is 10.3. The number of fused-ring (bicyclic) bond motifs is 1. The average molecular weight is 522 g/mol. The normalized spacial score (nSPS) is 13.3. The van der Waals surface area contributed by atoms with Crippen molar-refractivity contribution in [1.82, 2.24) is 4.98 Å². The number of carbonyl (C=O) groups is 1. The van der Waals surface area contributed by atoms with Gasteiger partial charge in [-0.25, -0.2) is 4.98 Å². The van der Waals surface area contributed by atoms with E-state index in [0.29, 0.717) is 29.4 Å². The molecule has 1 aliphatic rings. The fraction of sp³-hybridized carbons (Fsp3) is 0.217. The molecule has 4 rings (SSSR count). The van der Waals surface area contributed by atoms with E-state index in [0.717, 1.165) is 11.6 Å². The number of carbonyl (C=O) groups excluding carboxylic acids is 1. The Morgan fingerprint density at radius 2 is 2.06 bits per heavy atom. The minimum absolute atomic E-state index is 0.0119. The van der Waals surface area contributed by atoms with Crippen LogP contribution in [0.1, 0.15) is 27.0 Å². The van der Waals surface area contributed by atoms with E-state index in [1.807, 2.05) is 17.9 Å². The lowest BCUT2D eigenvalue weighted by Crippen LogP contribution is -2.31. The quantitative estimate of drug-likeness (QED) is 0.477. The van der Waals surface area contributed by atoms with E-state index in [1.54, 1.807) is 24.4 Å². The van der Waals surface area contributed by atoms with Gasteiger partial charge >= 0.3 is 6.18 Å². The van der Waals surface area contributed by atoms with Crippen LogP contribution in [-0.4, -0.2) is 29.1 Å². The highest BCUT2D eigenvalue weighted by Gasteiger charge is 2.33. The van der Waals surface area contributed by atoms with Crippen molar-refractivity contribution in [2.75, 3.05) is 23.4 Å². The molecule has 10 heteroatoms. The monoisotopic (exact) mass is 521 g/mol. The molecule has 33 heavy (non-hydrogen) atoms. The van der Waals surface area contributed by atoms with Gasteiger partial charge in [0.25, 0.3) is 5.91 Å². The van der Waals surface area contributed by atoms with Gasteiger partial charge in [0.15, 0.2) is 5.75 Å². The summed E-state index contributed by atoms with van der Waals surface area (Å²) in [6.45, 7) is 2.53. The van der Waals surface area contributed by atoms with Crippen molar-refractivity contribution in [1.29, 1.82) is 0 Å². The first-order valence-electron chi connectivity index (χ1n) is 9.97. The molecule has 2 aromatic carbocycles. The summed E-state index contributed by atoms with van der Waals surface area (Å²) < 4.78 is 45.3. The van der Waals surface area contributed by atoms with Crippen LogP contribution in [0.5, 0.6) is 5.75 Å². The molecule has 1 aliphatic heterocycles. The smallest absolute Gasteiger partial charge is 0.417 e. The van der Waals surface area contributed by atoms with Crippen molar-refractivity contribution >= 4 is 39.0 Å². The summed E-state index contributed by atoms with van der Waals surface area (Å²) >= 11 is 2.89. The van der Waals surface area contributed by atoms with Crippen molar-refractivity contribution in [3.05, 3.63) is 75.4 Å². The first kappa shape index (κ1) is 23.1. The van der Waals surface area contributed by atoms with Crippen molar-refractivity contribution in [3.8, 4) is 5.75 Å². The third-order valence-electron chi connectivity index (χ3n) is 5.17. The predicted octanol–water partition coefficient (Wildman–Crippen LogP) is 5.45. The Balaban J connectivity index is 1.66. The summed E-state index contributed by atoms with van der Waals surface area (Å²) in [7, 11) is 0. The molecule has 0 fully saturated rings. The molecule has 0 unspecified atom stereocenters. The maximum atomic E-state index is 13.2. The summed E-state index contributed by atoms with van der Waals surface area (Å²) in [5, 5.41) is 11.9. The number of aryl methyl sites for hydroxylation is 1. The fourth-order valence-electron chi connectivity index (χ4n) is 3.66. The van der Waals surface area contributed by atoms with Gasteiger partial charge in [0.2, 0.25) is 0 Å². The number of ether oxygens (including phenoxy) is 1. The van der Waals surface area contributed by atoms with Gasteiger partial charge in [-0.3, -0.25) is 4.79 Å². The number of benzene rings is 2. The van der Waals surface area contributed by atoms with Gasteiger partial charge < -0.3 is 20.1 Å². The number of hydrogen-bond acceptors (Lipinski definition) is 5. The molecule has 0 saturated heterocycles. The minimum atomic E-state index is -4.56. The first-order valence-corrected chi connectivity index (χ1v) is 10.8. The zero-order chi connectivity index (χ0) is 23.8. The number of aliphatic hydroxyl groups is 1. The second-order valence-electron chi connectivity index (χ2n) is 7.44. The van der Waals surface area contributed by atoms with Crippen molar-refractivity contribution in [2.45, 2.75) is 19.7 Å². The maximum absolute atomic E-state index is 13.2. The number of amides is 1. The van der Waals surface area contributed by atoms with Gasteiger partial charge in [-0.05, 0) is 54.4 Å². The van der Waals surface area contributed by atoms with Crippen molar-refractivity contribution in [2.24, 2.45) is 0 Å². The molecule has 2 heterocycles. The molecular formula is C23H19BrF3N3O3. The Bertz CT molecular complexity index is 1220. The second-order valence-corrected chi connectivity index (χ2v) is 8.30. The number of aromatic nitrogens is 1. The lowest BCUT2D eigenvalue weighted by Gasteiger charge is -2.32. The molecular weight excluding hydrogens is 503 g/mol. The summed E-state index contributed by atoms with van der Waals surface area (Å²) in [5.41, 5.74) is 1.47. The van der Waals surface area contributed by atoms with E-state index in [9.17, 15) is 23.1 Å². The molecule has 0 atom stereocenters. The number of halogens is 4. The SMILES string of the molecule is Cc1cc(CO)cnc1N1CCOc2c(C(=O)Nc3ccc(Br)c(C(F)(F)F)c3)cccc21. The highest BCUT2D eigenvalue weighted by molar-refractivity contribution is 9.10. The molecule has 6 nitrogen and oxygen atoms in total. The number of aliphatic hydroxyl groups excluding tert-OH is 1. The Morgan fingerprint density at radius 1 is 1.27 bits per heavy atom. The zero-order valence-electron chi connectivity index (χ0n) is 17.4. The maximum Gasteiger partial charge on any atom is 0.417 e. The molecule has 0 radical (unpaired) electrons. The standard InChI is InChI=1S/C23H19BrF3N3O3/c1-13-9-14(12-31)11-28-21(13)30-7-8-33-20-16(3-2-4-19(20)30)22(32)29-15-5-6-18(24)17(10-15)23(25,26)27/h2-6,9-11,31H,7-8,12H2,1H3,(H,29,32). The molecule has 3 aromatic rings. The van der Waals surface area contributed by atoms with Gasteiger partial charge in [0.05, 0.1) is 30.0 Å². The van der Waals surface area contributed by atoms with Crippen LogP contribution >= 0.6 is 15.9 Å². The number of pyridine rings is 1. The number of nitrogens with one attached hydrogen (secondary N) is 1. The lowest BCUT2D eigenvalue weighted by atomic mass is 10.1. The number of alkyl halides is 3. The third kappa shape index (κ3) is 4.67. The number of para-hydroxylation sites is 1. The van der Waals surface area contributed by atoms with E-state index in [1.165, 1.54) is 12.1 Å². The van der Waals surface area contributed by atoms with Crippen LogP contribution < -0.4 is 15.0 Å².